The lowest BCUT2D eigenvalue weighted by Crippen LogP contribution is -2.39. The Bertz CT molecular complexity index is 807. The number of aromatic nitrogens is 1. The van der Waals surface area contributed by atoms with Gasteiger partial charge in [0.15, 0.2) is 5.17 Å². The molecule has 1 aromatic carbocycles. The number of pyridine rings is 1. The molecule has 1 aliphatic rings. The highest BCUT2D eigenvalue weighted by Gasteiger charge is 2.25. The van der Waals surface area contributed by atoms with Crippen LogP contribution in [-0.4, -0.2) is 33.3 Å². The molecule has 25 heavy (non-hydrogen) atoms. The molecule has 1 fully saturated rings. The first-order chi connectivity index (χ1) is 12.1. The zero-order valence-electron chi connectivity index (χ0n) is 14.3. The molecule has 1 saturated heterocycles. The van der Waals surface area contributed by atoms with Crippen molar-refractivity contribution in [2.24, 2.45) is 4.99 Å². The minimum atomic E-state index is -0.0539. The quantitative estimate of drug-likeness (QED) is 0.685. The number of carbonyl (C=O) groups is 1. The number of benzene rings is 1. The van der Waals surface area contributed by atoms with Crippen LogP contribution in [0.2, 0.25) is 0 Å². The first-order valence-corrected chi connectivity index (χ1v) is 10.1. The van der Waals surface area contributed by atoms with E-state index in [1.54, 1.807) is 35.1 Å². The summed E-state index contributed by atoms with van der Waals surface area (Å²) in [6.45, 7) is 4.99. The van der Waals surface area contributed by atoms with Crippen LogP contribution in [0.25, 0.3) is 0 Å². The van der Waals surface area contributed by atoms with Gasteiger partial charge in [-0.2, -0.15) is 0 Å². The number of amidine groups is 1. The van der Waals surface area contributed by atoms with Crippen LogP contribution in [0, 0.1) is 0 Å². The Kier molecular flexibility index (Phi) is 5.91. The summed E-state index contributed by atoms with van der Waals surface area (Å²) in [7, 11) is 0. The molecule has 0 N–H and O–H groups in total. The second kappa shape index (κ2) is 8.15. The molecule has 1 aromatic heterocycles. The summed E-state index contributed by atoms with van der Waals surface area (Å²) in [6, 6.07) is 9.93. The molecule has 6 heteroatoms. The van der Waals surface area contributed by atoms with E-state index >= 15 is 0 Å². The molecule has 4 nitrogen and oxygen atoms in total. The molecule has 0 atom stereocenters. The van der Waals surface area contributed by atoms with E-state index in [9.17, 15) is 4.79 Å². The second-order valence-electron chi connectivity index (χ2n) is 6.16. The summed E-state index contributed by atoms with van der Waals surface area (Å²) in [5.41, 5.74) is 2.70. The highest BCUT2D eigenvalue weighted by Crippen LogP contribution is 2.30. The molecule has 0 spiro atoms. The second-order valence-corrected chi connectivity index (χ2v) is 8.14. The van der Waals surface area contributed by atoms with Gasteiger partial charge in [0, 0.05) is 29.2 Å². The molecule has 3 rings (SSSR count). The maximum absolute atomic E-state index is 12.9. The van der Waals surface area contributed by atoms with Crippen molar-refractivity contribution in [2.45, 2.75) is 26.2 Å². The fourth-order valence-electron chi connectivity index (χ4n) is 2.71. The molecule has 0 bridgehead atoms. The molecule has 2 aromatic rings. The van der Waals surface area contributed by atoms with E-state index in [4.69, 9.17) is 4.99 Å². The van der Waals surface area contributed by atoms with E-state index in [2.05, 4.69) is 40.8 Å². The monoisotopic (exact) mass is 417 g/mol. The van der Waals surface area contributed by atoms with Gasteiger partial charge in [0.2, 0.25) is 0 Å². The average molecular weight is 418 g/mol. The number of amides is 1. The summed E-state index contributed by atoms with van der Waals surface area (Å²) in [5, 5.41) is 0.768. The zero-order chi connectivity index (χ0) is 17.8. The SMILES string of the molecule is CC(C)c1ccccc1N=C1SCCCN1C(=O)c1cncc(Br)c1. The molecule has 2 heterocycles. The summed E-state index contributed by atoms with van der Waals surface area (Å²) in [4.78, 5) is 23.7. The normalized spacial score (nSPS) is 16.5. The van der Waals surface area contributed by atoms with Gasteiger partial charge in [-0.1, -0.05) is 43.8 Å². The van der Waals surface area contributed by atoms with E-state index < -0.39 is 0 Å². The summed E-state index contributed by atoms with van der Waals surface area (Å²) >= 11 is 5.02. The number of hydrogen-bond acceptors (Lipinski definition) is 4. The standard InChI is InChI=1S/C19H20BrN3OS/c1-13(2)16-6-3-4-7-17(16)22-19-23(8-5-9-25-19)18(24)14-10-15(20)12-21-11-14/h3-4,6-7,10-13H,5,8-9H2,1-2H3. The number of halogens is 1. The van der Waals surface area contributed by atoms with Crippen LogP contribution in [0.1, 0.15) is 42.1 Å². The largest absolute Gasteiger partial charge is 0.287 e. The van der Waals surface area contributed by atoms with Crippen molar-refractivity contribution >= 4 is 44.5 Å². The molecular formula is C19H20BrN3OS. The highest BCUT2D eigenvalue weighted by molar-refractivity contribution is 9.10. The van der Waals surface area contributed by atoms with Gasteiger partial charge in [-0.15, -0.1) is 0 Å². The number of para-hydroxylation sites is 1. The van der Waals surface area contributed by atoms with Crippen LogP contribution in [0.5, 0.6) is 0 Å². The van der Waals surface area contributed by atoms with E-state index in [-0.39, 0.29) is 5.91 Å². The van der Waals surface area contributed by atoms with Gasteiger partial charge in [-0.3, -0.25) is 14.7 Å². The van der Waals surface area contributed by atoms with Gasteiger partial charge in [-0.05, 0) is 46.0 Å². The Labute approximate surface area is 160 Å². The Morgan fingerprint density at radius 3 is 2.88 bits per heavy atom. The minimum absolute atomic E-state index is 0.0539. The molecule has 0 unspecified atom stereocenters. The van der Waals surface area contributed by atoms with E-state index in [1.165, 1.54) is 5.56 Å². The molecule has 1 aliphatic heterocycles. The van der Waals surface area contributed by atoms with Crippen LogP contribution < -0.4 is 0 Å². The number of carbonyl (C=O) groups excluding carboxylic acids is 1. The first kappa shape index (κ1) is 18.1. The molecule has 0 aliphatic carbocycles. The van der Waals surface area contributed by atoms with Gasteiger partial charge < -0.3 is 0 Å². The smallest absolute Gasteiger partial charge is 0.261 e. The fourth-order valence-corrected chi connectivity index (χ4v) is 4.02. The third-order valence-corrected chi connectivity index (χ3v) is 5.46. The zero-order valence-corrected chi connectivity index (χ0v) is 16.7. The lowest BCUT2D eigenvalue weighted by Gasteiger charge is -2.28. The van der Waals surface area contributed by atoms with Crippen molar-refractivity contribution in [1.29, 1.82) is 0 Å². The van der Waals surface area contributed by atoms with Gasteiger partial charge in [0.05, 0.1) is 11.3 Å². The van der Waals surface area contributed by atoms with Crippen molar-refractivity contribution in [3.05, 3.63) is 58.3 Å². The van der Waals surface area contributed by atoms with Crippen LogP contribution in [0.3, 0.4) is 0 Å². The molecule has 0 saturated carbocycles. The molecule has 130 valence electrons. The Morgan fingerprint density at radius 1 is 1.32 bits per heavy atom. The van der Waals surface area contributed by atoms with E-state index in [0.717, 1.165) is 27.5 Å². The average Bonchev–Trinajstić information content (AvgIpc) is 2.62. The lowest BCUT2D eigenvalue weighted by atomic mass is 10.0. The summed E-state index contributed by atoms with van der Waals surface area (Å²) in [6.07, 6.45) is 4.24. The maximum Gasteiger partial charge on any atom is 0.261 e. The summed E-state index contributed by atoms with van der Waals surface area (Å²) in [5.74, 6) is 1.30. The molecule has 1 amide bonds. The van der Waals surface area contributed by atoms with Crippen molar-refractivity contribution < 1.29 is 4.79 Å². The van der Waals surface area contributed by atoms with Crippen LogP contribution >= 0.6 is 27.7 Å². The Morgan fingerprint density at radius 2 is 2.12 bits per heavy atom. The van der Waals surface area contributed by atoms with Crippen LogP contribution in [0.4, 0.5) is 5.69 Å². The van der Waals surface area contributed by atoms with Gasteiger partial charge in [0.25, 0.3) is 5.91 Å². The van der Waals surface area contributed by atoms with Gasteiger partial charge in [-0.25, -0.2) is 4.99 Å². The predicted octanol–water partition coefficient (Wildman–Crippen LogP) is 5.23. The van der Waals surface area contributed by atoms with Crippen molar-refractivity contribution in [2.75, 3.05) is 12.3 Å². The minimum Gasteiger partial charge on any atom is -0.287 e. The Hall–Kier alpha value is -1.66. The third kappa shape index (κ3) is 4.30. The van der Waals surface area contributed by atoms with Crippen molar-refractivity contribution in [3.8, 4) is 0 Å². The fraction of sp³-hybridized carbons (Fsp3) is 0.316. The number of rotatable bonds is 3. The number of nitrogens with zero attached hydrogens (tertiary/aromatic N) is 3. The maximum atomic E-state index is 12.9. The Balaban J connectivity index is 1.95. The predicted molar refractivity (Wildman–Crippen MR) is 108 cm³/mol. The summed E-state index contributed by atoms with van der Waals surface area (Å²) < 4.78 is 0.798. The van der Waals surface area contributed by atoms with Crippen LogP contribution in [0.15, 0.2) is 52.2 Å². The highest BCUT2D eigenvalue weighted by atomic mass is 79.9. The topological polar surface area (TPSA) is 45.6 Å². The van der Waals surface area contributed by atoms with Gasteiger partial charge in [0.1, 0.15) is 0 Å². The van der Waals surface area contributed by atoms with Crippen molar-refractivity contribution in [1.82, 2.24) is 9.88 Å². The van der Waals surface area contributed by atoms with Crippen LogP contribution in [-0.2, 0) is 0 Å². The van der Waals surface area contributed by atoms with E-state index in [1.807, 2.05) is 18.2 Å². The number of hydrogen-bond donors (Lipinski definition) is 0. The number of aliphatic imine (C=N–C) groups is 1. The lowest BCUT2D eigenvalue weighted by molar-refractivity contribution is 0.0848. The third-order valence-electron chi connectivity index (χ3n) is 3.96. The molecular weight excluding hydrogens is 398 g/mol. The van der Waals surface area contributed by atoms with Crippen molar-refractivity contribution in [3.63, 3.8) is 0 Å². The molecule has 0 radical (unpaired) electrons. The number of thioether (sulfide) groups is 1. The van der Waals surface area contributed by atoms with E-state index in [0.29, 0.717) is 18.0 Å². The van der Waals surface area contributed by atoms with Gasteiger partial charge >= 0.3 is 0 Å². The first-order valence-electron chi connectivity index (χ1n) is 8.29.